The molecule has 0 spiro atoms. The lowest BCUT2D eigenvalue weighted by molar-refractivity contribution is 0.0701. The molecule has 0 saturated heterocycles. The van der Waals surface area contributed by atoms with Crippen molar-refractivity contribution in [2.45, 2.75) is 6.92 Å². The summed E-state index contributed by atoms with van der Waals surface area (Å²) in [5, 5.41) is 9.11. The van der Waals surface area contributed by atoms with Crippen molar-refractivity contribution in [2.75, 3.05) is 25.0 Å². The molecule has 0 aromatic carbocycles. The van der Waals surface area contributed by atoms with Crippen LogP contribution in [0.4, 0.5) is 5.00 Å². The average molecular weight is 294 g/mol. The van der Waals surface area contributed by atoms with Crippen LogP contribution in [0.25, 0.3) is 0 Å². The molecule has 0 radical (unpaired) electrons. The number of hydrogen-bond donors (Lipinski definition) is 3. The van der Waals surface area contributed by atoms with Gasteiger partial charge in [0.15, 0.2) is 0 Å². The zero-order chi connectivity index (χ0) is 13.8. The van der Waals surface area contributed by atoms with Crippen LogP contribution in [-0.2, 0) is 14.9 Å². The fourth-order valence-electron chi connectivity index (χ4n) is 1.19. The van der Waals surface area contributed by atoms with E-state index in [4.69, 9.17) is 9.84 Å². The molecule has 0 amide bonds. The summed E-state index contributed by atoms with van der Waals surface area (Å²) < 4.78 is 32.3. The van der Waals surface area contributed by atoms with Gasteiger partial charge in [0.25, 0.3) is 10.2 Å². The first kappa shape index (κ1) is 14.9. The first-order valence-corrected chi connectivity index (χ1v) is 7.26. The van der Waals surface area contributed by atoms with Crippen molar-refractivity contribution in [1.29, 1.82) is 0 Å². The topological polar surface area (TPSA) is 105 Å². The van der Waals surface area contributed by atoms with E-state index in [1.54, 1.807) is 6.92 Å². The van der Waals surface area contributed by atoms with Crippen LogP contribution in [0.5, 0.6) is 0 Å². The second-order valence-corrected chi connectivity index (χ2v) is 5.97. The number of anilines is 1. The second-order valence-electron chi connectivity index (χ2n) is 3.42. The molecular weight excluding hydrogens is 280 g/mol. The van der Waals surface area contributed by atoms with E-state index in [1.165, 1.54) is 13.2 Å². The number of methoxy groups -OCH3 is 1. The van der Waals surface area contributed by atoms with E-state index in [0.717, 1.165) is 11.3 Å². The minimum Gasteiger partial charge on any atom is -0.477 e. The average Bonchev–Trinajstić information content (AvgIpc) is 2.58. The molecule has 0 atom stereocenters. The Hall–Kier alpha value is -1.16. The molecule has 1 rings (SSSR count). The number of rotatable bonds is 7. The zero-order valence-electron chi connectivity index (χ0n) is 9.89. The molecular formula is C9H14N2O5S2. The molecule has 1 aromatic heterocycles. The number of ether oxygens (including phenoxy) is 1. The van der Waals surface area contributed by atoms with Crippen LogP contribution in [-0.4, -0.2) is 39.8 Å². The SMILES string of the molecule is COCCNS(=O)(=O)Nc1cc(C)c(C(=O)O)s1. The molecule has 0 unspecified atom stereocenters. The molecule has 18 heavy (non-hydrogen) atoms. The number of thiophene rings is 1. The Balaban J connectivity index is 2.72. The summed E-state index contributed by atoms with van der Waals surface area (Å²) in [7, 11) is -2.24. The highest BCUT2D eigenvalue weighted by atomic mass is 32.2. The van der Waals surface area contributed by atoms with Crippen LogP contribution in [0.15, 0.2) is 6.07 Å². The quantitative estimate of drug-likeness (QED) is 0.640. The number of carboxylic acids is 1. The molecule has 0 saturated carbocycles. The van der Waals surface area contributed by atoms with E-state index >= 15 is 0 Å². The standard InChI is InChI=1S/C9H14N2O5S2/c1-6-5-7(17-8(6)9(12)13)11-18(14,15)10-3-4-16-2/h5,10-11H,3-4H2,1-2H3,(H,12,13). The van der Waals surface area contributed by atoms with Crippen molar-refractivity contribution in [3.63, 3.8) is 0 Å². The number of aromatic carboxylic acids is 1. The van der Waals surface area contributed by atoms with E-state index in [-0.39, 0.29) is 23.0 Å². The van der Waals surface area contributed by atoms with Crippen molar-refractivity contribution in [3.8, 4) is 0 Å². The van der Waals surface area contributed by atoms with Gasteiger partial charge < -0.3 is 9.84 Å². The number of hydrogen-bond acceptors (Lipinski definition) is 5. The van der Waals surface area contributed by atoms with Gasteiger partial charge in [-0.2, -0.15) is 13.1 Å². The van der Waals surface area contributed by atoms with E-state index < -0.39 is 16.2 Å². The Kier molecular flexibility index (Phi) is 5.08. The second kappa shape index (κ2) is 6.14. The Bertz CT molecular complexity index is 523. The van der Waals surface area contributed by atoms with Crippen LogP contribution in [0.3, 0.4) is 0 Å². The lowest BCUT2D eigenvalue weighted by Crippen LogP contribution is -2.32. The Morgan fingerprint density at radius 3 is 2.72 bits per heavy atom. The van der Waals surface area contributed by atoms with Crippen molar-refractivity contribution in [3.05, 3.63) is 16.5 Å². The molecule has 0 fully saturated rings. The van der Waals surface area contributed by atoms with E-state index in [1.807, 2.05) is 0 Å². The summed E-state index contributed by atoms with van der Waals surface area (Å²) in [5.74, 6) is -1.07. The van der Waals surface area contributed by atoms with Crippen LogP contribution < -0.4 is 9.44 Å². The molecule has 0 aliphatic rings. The summed E-state index contributed by atoms with van der Waals surface area (Å²) in [4.78, 5) is 10.9. The molecule has 0 aliphatic heterocycles. The van der Waals surface area contributed by atoms with Gasteiger partial charge in [0, 0.05) is 13.7 Å². The van der Waals surface area contributed by atoms with Crippen molar-refractivity contribution in [2.24, 2.45) is 0 Å². The normalized spacial score (nSPS) is 11.4. The van der Waals surface area contributed by atoms with Gasteiger partial charge in [0.05, 0.1) is 6.61 Å². The zero-order valence-corrected chi connectivity index (χ0v) is 11.5. The number of aryl methyl sites for hydroxylation is 1. The van der Waals surface area contributed by atoms with Crippen molar-refractivity contribution < 1.29 is 23.1 Å². The molecule has 102 valence electrons. The molecule has 0 aliphatic carbocycles. The van der Waals surface area contributed by atoms with Gasteiger partial charge in [-0.3, -0.25) is 4.72 Å². The molecule has 3 N–H and O–H groups in total. The first-order chi connectivity index (χ1) is 8.35. The van der Waals surface area contributed by atoms with Gasteiger partial charge in [-0.1, -0.05) is 0 Å². The van der Waals surface area contributed by atoms with Gasteiger partial charge in [-0.15, -0.1) is 11.3 Å². The molecule has 1 aromatic rings. The minimum atomic E-state index is -3.70. The Morgan fingerprint density at radius 2 is 2.22 bits per heavy atom. The molecule has 7 nitrogen and oxygen atoms in total. The fraction of sp³-hybridized carbons (Fsp3) is 0.444. The van der Waals surface area contributed by atoms with Gasteiger partial charge in [-0.25, -0.2) is 4.79 Å². The maximum atomic E-state index is 11.5. The van der Waals surface area contributed by atoms with Crippen molar-refractivity contribution >= 4 is 32.5 Å². The van der Waals surface area contributed by atoms with Crippen molar-refractivity contribution in [1.82, 2.24) is 4.72 Å². The van der Waals surface area contributed by atoms with Crippen LogP contribution in [0, 0.1) is 6.92 Å². The summed E-state index contributed by atoms with van der Waals surface area (Å²) in [6.07, 6.45) is 0. The lowest BCUT2D eigenvalue weighted by Gasteiger charge is -2.06. The summed E-state index contributed by atoms with van der Waals surface area (Å²) >= 11 is 0.873. The molecule has 1 heterocycles. The van der Waals surface area contributed by atoms with E-state index in [2.05, 4.69) is 9.44 Å². The van der Waals surface area contributed by atoms with E-state index in [9.17, 15) is 13.2 Å². The summed E-state index contributed by atoms with van der Waals surface area (Å²) in [6.45, 7) is 2.00. The highest BCUT2D eigenvalue weighted by Gasteiger charge is 2.16. The predicted octanol–water partition coefficient (Wildman–Crippen LogP) is 0.647. The highest BCUT2D eigenvalue weighted by molar-refractivity contribution is 7.91. The third-order valence-electron chi connectivity index (χ3n) is 1.95. The Labute approximate surface area is 109 Å². The number of carboxylic acid groups (broad SMARTS) is 1. The van der Waals surface area contributed by atoms with Gasteiger partial charge in [-0.05, 0) is 18.6 Å². The Morgan fingerprint density at radius 1 is 1.56 bits per heavy atom. The van der Waals surface area contributed by atoms with Crippen LogP contribution in [0.1, 0.15) is 15.2 Å². The fourth-order valence-corrected chi connectivity index (χ4v) is 3.20. The van der Waals surface area contributed by atoms with Gasteiger partial charge in [0.2, 0.25) is 0 Å². The maximum absolute atomic E-state index is 11.5. The van der Waals surface area contributed by atoms with Gasteiger partial charge in [0.1, 0.15) is 9.88 Å². The van der Waals surface area contributed by atoms with Crippen LogP contribution in [0.2, 0.25) is 0 Å². The number of carbonyl (C=O) groups is 1. The minimum absolute atomic E-state index is 0.115. The summed E-state index contributed by atoms with van der Waals surface area (Å²) in [6, 6.07) is 1.48. The number of nitrogens with one attached hydrogen (secondary N) is 2. The van der Waals surface area contributed by atoms with E-state index in [0.29, 0.717) is 5.56 Å². The predicted molar refractivity (Wildman–Crippen MR) is 68.4 cm³/mol. The summed E-state index contributed by atoms with van der Waals surface area (Å²) in [5.41, 5.74) is 0.516. The smallest absolute Gasteiger partial charge is 0.346 e. The van der Waals surface area contributed by atoms with Gasteiger partial charge >= 0.3 is 5.97 Å². The van der Waals surface area contributed by atoms with Crippen LogP contribution >= 0.6 is 11.3 Å². The maximum Gasteiger partial charge on any atom is 0.346 e. The third kappa shape index (κ3) is 4.26. The monoisotopic (exact) mass is 294 g/mol. The molecule has 0 bridgehead atoms. The highest BCUT2D eigenvalue weighted by Crippen LogP contribution is 2.26. The lowest BCUT2D eigenvalue weighted by atomic mass is 10.3. The largest absolute Gasteiger partial charge is 0.477 e. The first-order valence-electron chi connectivity index (χ1n) is 4.96. The third-order valence-corrected chi connectivity index (χ3v) is 4.29. The molecule has 9 heteroatoms.